The van der Waals surface area contributed by atoms with Crippen LogP contribution >= 0.6 is 11.6 Å². The third kappa shape index (κ3) is 2.77. The lowest BCUT2D eigenvalue weighted by molar-refractivity contribution is 0.0696. The fourth-order valence-corrected chi connectivity index (χ4v) is 2.14. The Hall–Kier alpha value is -2.01. The standard InChI is InChI=1S/C14H15ClN2O3/c1-8-4-10(14(18)19)5-9(2)13(8)20-7-12-16-6-11(15)17(12)3/h4-6H,7H2,1-3H3,(H,18,19). The van der Waals surface area contributed by atoms with Gasteiger partial charge in [0.25, 0.3) is 0 Å². The van der Waals surface area contributed by atoms with Gasteiger partial charge in [-0.3, -0.25) is 0 Å². The summed E-state index contributed by atoms with van der Waals surface area (Å²) in [6.07, 6.45) is 1.56. The lowest BCUT2D eigenvalue weighted by atomic mass is 10.1. The molecular weight excluding hydrogens is 280 g/mol. The molecule has 2 aromatic rings. The summed E-state index contributed by atoms with van der Waals surface area (Å²) in [4.78, 5) is 15.1. The zero-order valence-corrected chi connectivity index (χ0v) is 12.2. The predicted octanol–water partition coefficient (Wildman–Crippen LogP) is 2.97. The quantitative estimate of drug-likeness (QED) is 0.941. The van der Waals surface area contributed by atoms with Gasteiger partial charge in [0.15, 0.2) is 0 Å². The molecule has 0 aliphatic carbocycles. The topological polar surface area (TPSA) is 64.3 Å². The maximum atomic E-state index is 11.0. The van der Waals surface area contributed by atoms with Crippen LogP contribution in [0.1, 0.15) is 27.3 Å². The van der Waals surface area contributed by atoms with Crippen molar-refractivity contribution in [3.8, 4) is 5.75 Å². The highest BCUT2D eigenvalue weighted by molar-refractivity contribution is 6.29. The highest BCUT2D eigenvalue weighted by atomic mass is 35.5. The van der Waals surface area contributed by atoms with Crippen LogP contribution < -0.4 is 4.74 Å². The van der Waals surface area contributed by atoms with Gasteiger partial charge in [-0.05, 0) is 37.1 Å². The first kappa shape index (κ1) is 14.4. The maximum absolute atomic E-state index is 11.0. The fourth-order valence-electron chi connectivity index (χ4n) is 2.00. The molecule has 0 aliphatic rings. The van der Waals surface area contributed by atoms with Crippen LogP contribution in [0, 0.1) is 13.8 Å². The number of rotatable bonds is 4. The van der Waals surface area contributed by atoms with E-state index < -0.39 is 5.97 Å². The van der Waals surface area contributed by atoms with Gasteiger partial charge in [0.1, 0.15) is 23.3 Å². The first-order chi connectivity index (χ1) is 9.40. The number of aromatic nitrogens is 2. The first-order valence-corrected chi connectivity index (χ1v) is 6.41. The molecule has 0 saturated heterocycles. The third-order valence-corrected chi connectivity index (χ3v) is 3.43. The second kappa shape index (κ2) is 5.54. The molecule has 0 saturated carbocycles. The largest absolute Gasteiger partial charge is 0.485 e. The second-order valence-electron chi connectivity index (χ2n) is 4.59. The SMILES string of the molecule is Cc1cc(C(=O)O)cc(C)c1OCc1ncc(Cl)n1C. The van der Waals surface area contributed by atoms with Gasteiger partial charge >= 0.3 is 5.97 Å². The Balaban J connectivity index is 2.22. The lowest BCUT2D eigenvalue weighted by Crippen LogP contribution is -2.06. The van der Waals surface area contributed by atoms with E-state index in [0.717, 1.165) is 11.1 Å². The number of hydrogen-bond acceptors (Lipinski definition) is 3. The van der Waals surface area contributed by atoms with Crippen molar-refractivity contribution >= 4 is 17.6 Å². The van der Waals surface area contributed by atoms with Crippen LogP contribution in [-0.2, 0) is 13.7 Å². The first-order valence-electron chi connectivity index (χ1n) is 6.03. The van der Waals surface area contributed by atoms with E-state index in [2.05, 4.69) is 4.98 Å². The van der Waals surface area contributed by atoms with E-state index in [-0.39, 0.29) is 12.2 Å². The normalized spacial score (nSPS) is 10.6. The lowest BCUT2D eigenvalue weighted by Gasteiger charge is -2.13. The molecule has 0 unspecified atom stereocenters. The molecule has 1 N–H and O–H groups in total. The summed E-state index contributed by atoms with van der Waals surface area (Å²) < 4.78 is 7.48. The average molecular weight is 295 g/mol. The Labute approximate surface area is 121 Å². The smallest absolute Gasteiger partial charge is 0.335 e. The summed E-state index contributed by atoms with van der Waals surface area (Å²) in [5, 5.41) is 9.54. The Morgan fingerprint density at radius 2 is 2.00 bits per heavy atom. The van der Waals surface area contributed by atoms with Crippen molar-refractivity contribution in [2.24, 2.45) is 7.05 Å². The van der Waals surface area contributed by atoms with Crippen LogP contribution in [0.5, 0.6) is 5.75 Å². The highest BCUT2D eigenvalue weighted by Gasteiger charge is 2.12. The minimum Gasteiger partial charge on any atom is -0.485 e. The van der Waals surface area contributed by atoms with Gasteiger partial charge in [0.2, 0.25) is 0 Å². The summed E-state index contributed by atoms with van der Waals surface area (Å²) in [7, 11) is 1.81. The molecule has 2 rings (SSSR count). The number of aryl methyl sites for hydroxylation is 2. The molecule has 20 heavy (non-hydrogen) atoms. The molecule has 0 aliphatic heterocycles. The van der Waals surface area contributed by atoms with Crippen molar-refractivity contribution in [1.82, 2.24) is 9.55 Å². The van der Waals surface area contributed by atoms with Gasteiger partial charge in [-0.1, -0.05) is 11.6 Å². The highest BCUT2D eigenvalue weighted by Crippen LogP contribution is 2.26. The number of benzene rings is 1. The molecule has 0 radical (unpaired) electrons. The Kier molecular flexibility index (Phi) is 3.99. The van der Waals surface area contributed by atoms with Gasteiger partial charge in [0.05, 0.1) is 11.8 Å². The van der Waals surface area contributed by atoms with Crippen molar-refractivity contribution in [2.75, 3.05) is 0 Å². The molecule has 0 amide bonds. The number of aromatic carboxylic acids is 1. The van der Waals surface area contributed by atoms with Crippen LogP contribution in [0.3, 0.4) is 0 Å². The minimum absolute atomic E-state index is 0.257. The summed E-state index contributed by atoms with van der Waals surface area (Å²) in [5.41, 5.74) is 1.82. The van der Waals surface area contributed by atoms with E-state index >= 15 is 0 Å². The number of carboxylic acid groups (broad SMARTS) is 1. The van der Waals surface area contributed by atoms with Gasteiger partial charge in [-0.2, -0.15) is 0 Å². The van der Waals surface area contributed by atoms with Gasteiger partial charge in [-0.25, -0.2) is 9.78 Å². The van der Waals surface area contributed by atoms with Crippen molar-refractivity contribution in [1.29, 1.82) is 0 Å². The number of hydrogen-bond donors (Lipinski definition) is 1. The number of carbonyl (C=O) groups is 1. The molecule has 1 aromatic carbocycles. The molecule has 0 atom stereocenters. The van der Waals surface area contributed by atoms with Gasteiger partial charge in [0, 0.05) is 7.05 Å². The number of ether oxygens (including phenoxy) is 1. The van der Waals surface area contributed by atoms with E-state index in [9.17, 15) is 4.79 Å². The van der Waals surface area contributed by atoms with Crippen molar-refractivity contribution in [2.45, 2.75) is 20.5 Å². The molecule has 0 bridgehead atoms. The third-order valence-electron chi connectivity index (χ3n) is 3.08. The Morgan fingerprint density at radius 1 is 1.40 bits per heavy atom. The summed E-state index contributed by atoms with van der Waals surface area (Å²) >= 11 is 5.91. The van der Waals surface area contributed by atoms with Crippen LogP contribution in [0.2, 0.25) is 5.15 Å². The summed E-state index contributed by atoms with van der Waals surface area (Å²) in [6, 6.07) is 3.19. The van der Waals surface area contributed by atoms with Crippen molar-refractivity contribution in [3.63, 3.8) is 0 Å². The van der Waals surface area contributed by atoms with Crippen LogP contribution in [0.15, 0.2) is 18.3 Å². The fraction of sp³-hybridized carbons (Fsp3) is 0.286. The maximum Gasteiger partial charge on any atom is 0.335 e. The Bertz CT molecular complexity index is 641. The second-order valence-corrected chi connectivity index (χ2v) is 4.98. The zero-order valence-electron chi connectivity index (χ0n) is 11.5. The summed E-state index contributed by atoms with van der Waals surface area (Å²) in [5.74, 6) is 0.434. The van der Waals surface area contributed by atoms with Crippen molar-refractivity contribution < 1.29 is 14.6 Å². The number of nitrogens with zero attached hydrogens (tertiary/aromatic N) is 2. The molecule has 5 nitrogen and oxygen atoms in total. The molecule has 1 heterocycles. The molecule has 106 valence electrons. The van der Waals surface area contributed by atoms with Crippen LogP contribution in [0.4, 0.5) is 0 Å². The number of imidazole rings is 1. The number of carboxylic acids is 1. The molecule has 1 aromatic heterocycles. The van der Waals surface area contributed by atoms with E-state index in [1.54, 1.807) is 29.9 Å². The summed E-state index contributed by atoms with van der Waals surface area (Å²) in [6.45, 7) is 3.91. The van der Waals surface area contributed by atoms with E-state index in [4.69, 9.17) is 21.4 Å². The Morgan fingerprint density at radius 3 is 2.45 bits per heavy atom. The monoisotopic (exact) mass is 294 g/mol. The zero-order chi connectivity index (χ0) is 14.9. The van der Waals surface area contributed by atoms with Crippen molar-refractivity contribution in [3.05, 3.63) is 46.0 Å². The minimum atomic E-state index is -0.946. The van der Waals surface area contributed by atoms with E-state index in [1.807, 2.05) is 13.8 Å². The van der Waals surface area contributed by atoms with E-state index in [0.29, 0.717) is 16.7 Å². The molecule has 6 heteroatoms. The van der Waals surface area contributed by atoms with Gasteiger partial charge < -0.3 is 14.4 Å². The van der Waals surface area contributed by atoms with Crippen LogP contribution in [-0.4, -0.2) is 20.6 Å². The average Bonchev–Trinajstić information content (AvgIpc) is 2.69. The molecular formula is C14H15ClN2O3. The van der Waals surface area contributed by atoms with Gasteiger partial charge in [-0.15, -0.1) is 0 Å². The van der Waals surface area contributed by atoms with E-state index in [1.165, 1.54) is 0 Å². The van der Waals surface area contributed by atoms with Crippen LogP contribution in [0.25, 0.3) is 0 Å². The molecule has 0 spiro atoms. The predicted molar refractivity (Wildman–Crippen MR) is 75.4 cm³/mol. The number of halogens is 1. The molecule has 0 fully saturated rings.